The molecule has 0 aliphatic heterocycles. The van der Waals surface area contributed by atoms with E-state index in [0.29, 0.717) is 13.0 Å². The zero-order chi connectivity index (χ0) is 13.4. The van der Waals surface area contributed by atoms with E-state index in [1.807, 2.05) is 7.05 Å². The predicted molar refractivity (Wildman–Crippen MR) is 68.5 cm³/mol. The fourth-order valence-electron chi connectivity index (χ4n) is 2.25. The van der Waals surface area contributed by atoms with Gasteiger partial charge in [0.2, 0.25) is 0 Å². The normalized spacial score (nSPS) is 23.4. The summed E-state index contributed by atoms with van der Waals surface area (Å²) < 4.78 is 0. The van der Waals surface area contributed by atoms with Gasteiger partial charge in [-0.2, -0.15) is 0 Å². The Hall–Kier alpha value is -1.30. The second kappa shape index (κ2) is 7.92. The Morgan fingerprint density at radius 2 is 2.06 bits per heavy atom. The van der Waals surface area contributed by atoms with Crippen LogP contribution in [0, 0.1) is 5.92 Å². The molecule has 0 saturated heterocycles. The molecule has 1 aliphatic carbocycles. The van der Waals surface area contributed by atoms with Crippen molar-refractivity contribution in [1.29, 1.82) is 0 Å². The van der Waals surface area contributed by atoms with E-state index >= 15 is 0 Å². The monoisotopic (exact) mass is 257 g/mol. The van der Waals surface area contributed by atoms with Crippen LogP contribution in [0.15, 0.2) is 0 Å². The number of aliphatic carboxylic acids is 1. The van der Waals surface area contributed by atoms with Crippen molar-refractivity contribution in [3.05, 3.63) is 0 Å². The average Bonchev–Trinajstić information content (AvgIpc) is 2.35. The first kappa shape index (κ1) is 14.8. The first-order chi connectivity index (χ1) is 8.63. The van der Waals surface area contributed by atoms with Crippen molar-refractivity contribution < 1.29 is 14.7 Å². The van der Waals surface area contributed by atoms with Crippen molar-refractivity contribution in [3.8, 4) is 0 Å². The van der Waals surface area contributed by atoms with Gasteiger partial charge < -0.3 is 21.1 Å². The van der Waals surface area contributed by atoms with Crippen LogP contribution in [-0.4, -0.2) is 43.3 Å². The molecule has 18 heavy (non-hydrogen) atoms. The fourth-order valence-corrected chi connectivity index (χ4v) is 2.25. The number of carbonyl (C=O) groups is 2. The van der Waals surface area contributed by atoms with Gasteiger partial charge in [-0.05, 0) is 39.3 Å². The number of urea groups is 1. The Kier molecular flexibility index (Phi) is 6.49. The van der Waals surface area contributed by atoms with E-state index in [-0.39, 0.29) is 18.0 Å². The summed E-state index contributed by atoms with van der Waals surface area (Å²) in [6.45, 7) is 1.49. The Bertz CT molecular complexity index is 284. The highest BCUT2D eigenvalue weighted by Crippen LogP contribution is 2.24. The maximum Gasteiger partial charge on any atom is 0.315 e. The number of nitrogens with one attached hydrogen (secondary N) is 3. The molecule has 1 aliphatic rings. The summed E-state index contributed by atoms with van der Waals surface area (Å²) in [5, 5.41) is 17.6. The van der Waals surface area contributed by atoms with Crippen molar-refractivity contribution in [2.24, 2.45) is 5.92 Å². The van der Waals surface area contributed by atoms with Crippen LogP contribution in [0.25, 0.3) is 0 Å². The van der Waals surface area contributed by atoms with Gasteiger partial charge in [-0.25, -0.2) is 4.79 Å². The first-order valence-corrected chi connectivity index (χ1v) is 6.55. The second-order valence-electron chi connectivity index (χ2n) is 4.76. The summed E-state index contributed by atoms with van der Waals surface area (Å²) >= 11 is 0. The summed E-state index contributed by atoms with van der Waals surface area (Å²) in [6.07, 6.45) is 3.87. The fraction of sp³-hybridized carbons (Fsp3) is 0.833. The Morgan fingerprint density at radius 1 is 1.28 bits per heavy atom. The van der Waals surface area contributed by atoms with Crippen LogP contribution in [0.1, 0.15) is 32.1 Å². The van der Waals surface area contributed by atoms with E-state index in [4.69, 9.17) is 5.11 Å². The molecule has 2 amide bonds. The summed E-state index contributed by atoms with van der Waals surface area (Å²) in [6, 6.07) is -0.203. The van der Waals surface area contributed by atoms with E-state index in [1.165, 1.54) is 0 Å². The molecule has 4 N–H and O–H groups in total. The molecule has 0 aromatic carbocycles. The van der Waals surface area contributed by atoms with Gasteiger partial charge in [-0.1, -0.05) is 6.42 Å². The van der Waals surface area contributed by atoms with Gasteiger partial charge in [0.05, 0.1) is 5.92 Å². The highest BCUT2D eigenvalue weighted by Gasteiger charge is 2.27. The number of carbonyl (C=O) groups excluding carboxylic acids is 1. The average molecular weight is 257 g/mol. The molecule has 0 heterocycles. The molecular formula is C12H23N3O3. The van der Waals surface area contributed by atoms with Gasteiger partial charge in [0.25, 0.3) is 0 Å². The quantitative estimate of drug-likeness (QED) is 0.523. The minimum absolute atomic E-state index is 0.0100. The summed E-state index contributed by atoms with van der Waals surface area (Å²) in [4.78, 5) is 22.5. The SMILES string of the molecule is CNCCCNC(=O)NC1CCCC(C(=O)O)C1. The third-order valence-electron chi connectivity index (χ3n) is 3.25. The van der Waals surface area contributed by atoms with E-state index in [1.54, 1.807) is 0 Å². The molecule has 0 spiro atoms. The van der Waals surface area contributed by atoms with Crippen molar-refractivity contribution >= 4 is 12.0 Å². The molecule has 0 bridgehead atoms. The largest absolute Gasteiger partial charge is 0.481 e. The lowest BCUT2D eigenvalue weighted by molar-refractivity contribution is -0.143. The first-order valence-electron chi connectivity index (χ1n) is 6.55. The lowest BCUT2D eigenvalue weighted by Crippen LogP contribution is -2.45. The molecule has 2 atom stereocenters. The minimum atomic E-state index is -0.754. The van der Waals surface area contributed by atoms with Gasteiger partial charge in [-0.15, -0.1) is 0 Å². The zero-order valence-corrected chi connectivity index (χ0v) is 10.9. The molecular weight excluding hydrogens is 234 g/mol. The van der Waals surface area contributed by atoms with Gasteiger partial charge in [0, 0.05) is 12.6 Å². The smallest absolute Gasteiger partial charge is 0.315 e. The Labute approximate surface area is 108 Å². The highest BCUT2D eigenvalue weighted by molar-refractivity contribution is 5.74. The topological polar surface area (TPSA) is 90.5 Å². The molecule has 0 radical (unpaired) electrons. The number of hydrogen-bond acceptors (Lipinski definition) is 3. The highest BCUT2D eigenvalue weighted by atomic mass is 16.4. The third-order valence-corrected chi connectivity index (χ3v) is 3.25. The third kappa shape index (κ3) is 5.35. The summed E-state index contributed by atoms with van der Waals surface area (Å²) in [5.41, 5.74) is 0. The van der Waals surface area contributed by atoms with Crippen LogP contribution in [0.4, 0.5) is 4.79 Å². The van der Waals surface area contributed by atoms with Gasteiger partial charge in [0.15, 0.2) is 0 Å². The van der Waals surface area contributed by atoms with Crippen LogP contribution >= 0.6 is 0 Å². The number of rotatable bonds is 6. The van der Waals surface area contributed by atoms with Crippen molar-refractivity contribution in [1.82, 2.24) is 16.0 Å². The summed E-state index contributed by atoms with van der Waals surface area (Å²) in [5.74, 6) is -1.07. The van der Waals surface area contributed by atoms with E-state index in [9.17, 15) is 9.59 Å². The van der Waals surface area contributed by atoms with Gasteiger partial charge >= 0.3 is 12.0 Å². The van der Waals surface area contributed by atoms with E-state index in [2.05, 4.69) is 16.0 Å². The molecule has 6 nitrogen and oxygen atoms in total. The molecule has 6 heteroatoms. The lowest BCUT2D eigenvalue weighted by Gasteiger charge is -2.27. The second-order valence-corrected chi connectivity index (χ2v) is 4.76. The zero-order valence-electron chi connectivity index (χ0n) is 10.9. The van der Waals surface area contributed by atoms with Crippen LogP contribution in [-0.2, 0) is 4.79 Å². The Morgan fingerprint density at radius 3 is 2.72 bits per heavy atom. The molecule has 0 aromatic rings. The maximum atomic E-state index is 11.6. The van der Waals surface area contributed by atoms with Crippen LogP contribution in [0.2, 0.25) is 0 Å². The summed E-state index contributed by atoms with van der Waals surface area (Å²) in [7, 11) is 1.87. The van der Waals surface area contributed by atoms with Crippen molar-refractivity contribution in [2.45, 2.75) is 38.1 Å². The number of carboxylic acid groups (broad SMARTS) is 1. The lowest BCUT2D eigenvalue weighted by atomic mass is 9.86. The van der Waals surface area contributed by atoms with Crippen LogP contribution in [0.3, 0.4) is 0 Å². The predicted octanol–water partition coefficient (Wildman–Crippen LogP) is 0.539. The standard InChI is InChI=1S/C12H23N3O3/c1-13-6-3-7-14-12(18)15-10-5-2-4-9(8-10)11(16)17/h9-10,13H,2-8H2,1H3,(H,16,17)(H2,14,15,18). The van der Waals surface area contributed by atoms with Crippen molar-refractivity contribution in [2.75, 3.05) is 20.1 Å². The number of amides is 2. The number of carboxylic acids is 1. The van der Waals surface area contributed by atoms with Gasteiger partial charge in [-0.3, -0.25) is 4.79 Å². The molecule has 104 valence electrons. The van der Waals surface area contributed by atoms with E-state index in [0.717, 1.165) is 32.2 Å². The Balaban J connectivity index is 2.20. The molecule has 2 unspecified atom stereocenters. The molecule has 0 aromatic heterocycles. The van der Waals surface area contributed by atoms with E-state index < -0.39 is 5.97 Å². The van der Waals surface area contributed by atoms with Crippen LogP contribution in [0.5, 0.6) is 0 Å². The minimum Gasteiger partial charge on any atom is -0.481 e. The molecule has 1 fully saturated rings. The molecule has 1 saturated carbocycles. The van der Waals surface area contributed by atoms with Crippen molar-refractivity contribution in [3.63, 3.8) is 0 Å². The maximum absolute atomic E-state index is 11.6. The van der Waals surface area contributed by atoms with Gasteiger partial charge in [0.1, 0.15) is 0 Å². The van der Waals surface area contributed by atoms with Crippen LogP contribution < -0.4 is 16.0 Å². The number of hydrogen-bond donors (Lipinski definition) is 4. The molecule has 1 rings (SSSR count).